The second-order valence-electron chi connectivity index (χ2n) is 6.79. The Bertz CT molecular complexity index is 170. The van der Waals surface area contributed by atoms with Crippen molar-refractivity contribution in [2.24, 2.45) is 0 Å². The molecule has 99 valence electrons. The molecule has 0 bridgehead atoms. The normalized spacial score (nSPS) is 14.6. The van der Waals surface area contributed by atoms with Crippen molar-refractivity contribution in [3.63, 3.8) is 0 Å². The number of hydrogen-bond acceptors (Lipinski definition) is 3. The van der Waals surface area contributed by atoms with Crippen LogP contribution in [0.15, 0.2) is 0 Å². The molecule has 0 saturated heterocycles. The molecule has 0 heterocycles. The quantitative estimate of drug-likeness (QED) is 0.718. The molecule has 0 aliphatic carbocycles. The van der Waals surface area contributed by atoms with Gasteiger partial charge < -0.3 is 0 Å². The van der Waals surface area contributed by atoms with E-state index in [-0.39, 0.29) is 16.8 Å². The van der Waals surface area contributed by atoms with Gasteiger partial charge in [-0.15, -0.1) is 0 Å². The van der Waals surface area contributed by atoms with Gasteiger partial charge >= 0.3 is 108 Å². The molecule has 0 unspecified atom stereocenters. The van der Waals surface area contributed by atoms with Crippen LogP contribution in [0.4, 0.5) is 0 Å². The fourth-order valence-corrected chi connectivity index (χ4v) is 5.43. The fourth-order valence-electron chi connectivity index (χ4n) is 0.663. The molecule has 0 aromatic rings. The summed E-state index contributed by atoms with van der Waals surface area (Å²) in [5, 5.41) is 0. The molecule has 0 aromatic heterocycles. The standard InChI is InChI=1S/3C4H9O.W/c3*1-4(2,3)5;/h3*1-3H3;/q3*-1;+3. The molecule has 0 radical (unpaired) electrons. The summed E-state index contributed by atoms with van der Waals surface area (Å²) in [6.07, 6.45) is 0. The van der Waals surface area contributed by atoms with E-state index in [2.05, 4.69) is 0 Å². The summed E-state index contributed by atoms with van der Waals surface area (Å²) in [6.45, 7) is 18.3. The predicted molar refractivity (Wildman–Crippen MR) is 62.5 cm³/mol. The first-order valence-electron chi connectivity index (χ1n) is 5.61. The Hall–Kier alpha value is 0.568. The van der Waals surface area contributed by atoms with Gasteiger partial charge in [0, 0.05) is 0 Å². The fraction of sp³-hybridized carbons (Fsp3) is 1.00. The van der Waals surface area contributed by atoms with Gasteiger partial charge in [-0.1, -0.05) is 0 Å². The van der Waals surface area contributed by atoms with Crippen LogP contribution in [-0.2, 0) is 28.6 Å². The average Bonchev–Trinajstić information content (AvgIpc) is 1.70. The molecule has 4 heteroatoms. The van der Waals surface area contributed by atoms with Gasteiger partial charge in [0.15, 0.2) is 0 Å². The zero-order valence-electron chi connectivity index (χ0n) is 12.1. The van der Waals surface area contributed by atoms with Gasteiger partial charge in [-0.25, -0.2) is 0 Å². The van der Waals surface area contributed by atoms with Gasteiger partial charge in [-0.05, 0) is 0 Å². The van der Waals surface area contributed by atoms with Crippen LogP contribution in [0.2, 0.25) is 0 Å². The van der Waals surface area contributed by atoms with Gasteiger partial charge in [0.25, 0.3) is 0 Å². The van der Waals surface area contributed by atoms with Crippen molar-refractivity contribution < 1.29 is 28.6 Å². The molecule has 0 aromatic carbocycles. The first-order chi connectivity index (χ1) is 6.79. The van der Waals surface area contributed by atoms with Crippen LogP contribution in [0.3, 0.4) is 0 Å². The SMILES string of the molecule is CC(C)(C)[O][W]([O]C(C)(C)C)[O]C(C)(C)C. The molecular formula is C12H27O3W. The van der Waals surface area contributed by atoms with Crippen molar-refractivity contribution >= 4 is 0 Å². The van der Waals surface area contributed by atoms with Gasteiger partial charge in [-0.3, -0.25) is 0 Å². The third-order valence-corrected chi connectivity index (χ3v) is 7.81. The summed E-state index contributed by atoms with van der Waals surface area (Å²) in [4.78, 5) is 0. The van der Waals surface area contributed by atoms with Crippen LogP contribution < -0.4 is 0 Å². The van der Waals surface area contributed by atoms with Crippen molar-refractivity contribution in [1.29, 1.82) is 0 Å². The summed E-state index contributed by atoms with van der Waals surface area (Å²) in [5.41, 5.74) is -0.612. The Labute approximate surface area is 108 Å². The Morgan fingerprint density at radius 2 is 0.688 bits per heavy atom. The molecule has 0 saturated carbocycles. The van der Waals surface area contributed by atoms with Crippen molar-refractivity contribution in [3.05, 3.63) is 0 Å². The Kier molecular flexibility index (Phi) is 5.67. The minimum atomic E-state index is -2.70. The number of hydrogen-bond donors (Lipinski definition) is 0. The van der Waals surface area contributed by atoms with Gasteiger partial charge in [0.1, 0.15) is 0 Å². The molecule has 0 N–H and O–H groups in total. The van der Waals surface area contributed by atoms with E-state index in [4.69, 9.17) is 10.2 Å². The monoisotopic (exact) mass is 403 g/mol. The third-order valence-electron chi connectivity index (χ3n) is 0.954. The van der Waals surface area contributed by atoms with Crippen LogP contribution in [0.1, 0.15) is 62.3 Å². The zero-order valence-corrected chi connectivity index (χ0v) is 15.1. The number of rotatable bonds is 3. The molecule has 0 aliphatic rings. The molecule has 0 fully saturated rings. The Morgan fingerprint density at radius 1 is 0.500 bits per heavy atom. The summed E-state index contributed by atoms with van der Waals surface area (Å²) in [7, 11) is 0. The first-order valence-corrected chi connectivity index (χ1v) is 9.21. The summed E-state index contributed by atoms with van der Waals surface area (Å²) < 4.78 is 17.8. The molecule has 0 spiro atoms. The first kappa shape index (κ1) is 16.6. The summed E-state index contributed by atoms with van der Waals surface area (Å²) >= 11 is -2.70. The van der Waals surface area contributed by atoms with Crippen LogP contribution in [0, 0.1) is 0 Å². The maximum atomic E-state index is 5.94. The minimum absolute atomic E-state index is 0.204. The van der Waals surface area contributed by atoms with E-state index in [0.717, 1.165) is 0 Å². The van der Waals surface area contributed by atoms with Crippen molar-refractivity contribution in [1.82, 2.24) is 0 Å². The molecule has 3 nitrogen and oxygen atoms in total. The van der Waals surface area contributed by atoms with E-state index < -0.39 is 18.5 Å². The molecule has 0 atom stereocenters. The van der Waals surface area contributed by atoms with Crippen LogP contribution in [0.5, 0.6) is 0 Å². The molecule has 0 amide bonds. The van der Waals surface area contributed by atoms with E-state index in [9.17, 15) is 0 Å². The topological polar surface area (TPSA) is 27.7 Å². The third kappa shape index (κ3) is 11.1. The van der Waals surface area contributed by atoms with E-state index in [1.807, 2.05) is 62.3 Å². The molecular weight excluding hydrogens is 376 g/mol. The van der Waals surface area contributed by atoms with Crippen LogP contribution in [-0.4, -0.2) is 16.8 Å². The van der Waals surface area contributed by atoms with E-state index in [1.54, 1.807) is 0 Å². The van der Waals surface area contributed by atoms with Crippen molar-refractivity contribution in [2.45, 2.75) is 79.1 Å². The van der Waals surface area contributed by atoms with Crippen LogP contribution in [0.25, 0.3) is 0 Å². The second kappa shape index (κ2) is 5.47. The summed E-state index contributed by atoms with van der Waals surface area (Å²) in [6, 6.07) is 0. The van der Waals surface area contributed by atoms with Gasteiger partial charge in [0.05, 0.1) is 0 Å². The molecule has 0 rings (SSSR count). The van der Waals surface area contributed by atoms with Gasteiger partial charge in [-0.2, -0.15) is 0 Å². The Balaban J connectivity index is 4.53. The molecule has 16 heavy (non-hydrogen) atoms. The maximum absolute atomic E-state index is 5.94. The van der Waals surface area contributed by atoms with Gasteiger partial charge in [0.2, 0.25) is 0 Å². The van der Waals surface area contributed by atoms with E-state index >= 15 is 0 Å². The predicted octanol–water partition coefficient (Wildman–Crippen LogP) is 3.79. The van der Waals surface area contributed by atoms with E-state index in [1.165, 1.54) is 0 Å². The average molecular weight is 403 g/mol. The Morgan fingerprint density at radius 3 is 0.812 bits per heavy atom. The molecule has 0 aliphatic heterocycles. The van der Waals surface area contributed by atoms with Crippen molar-refractivity contribution in [2.75, 3.05) is 0 Å². The van der Waals surface area contributed by atoms with E-state index in [0.29, 0.717) is 0 Å². The summed E-state index contributed by atoms with van der Waals surface area (Å²) in [5.74, 6) is 0. The second-order valence-corrected chi connectivity index (χ2v) is 10.1. The van der Waals surface area contributed by atoms with Crippen molar-refractivity contribution in [3.8, 4) is 0 Å². The zero-order chi connectivity index (χ0) is 13.2. The van der Waals surface area contributed by atoms with Crippen LogP contribution >= 0.6 is 0 Å².